The predicted molar refractivity (Wildman–Crippen MR) is 158 cm³/mol. The second-order valence-electron chi connectivity index (χ2n) is 10.9. The second kappa shape index (κ2) is 26.0. The van der Waals surface area contributed by atoms with Crippen LogP contribution in [-0.4, -0.2) is 31.1 Å². The summed E-state index contributed by atoms with van der Waals surface area (Å²) in [5.74, 6) is 0. The molecule has 0 aromatic rings. The normalized spacial score (nSPS) is 12.8. The van der Waals surface area contributed by atoms with E-state index < -0.39 is 15.3 Å². The van der Waals surface area contributed by atoms with Gasteiger partial charge in [0.25, 0.3) is 0 Å². The van der Waals surface area contributed by atoms with E-state index in [0.29, 0.717) is 19.5 Å². The molecular weight excluding hydrogens is 464 g/mol. The summed E-state index contributed by atoms with van der Waals surface area (Å²) in [5, 5.41) is 8.87. The molecule has 0 saturated carbocycles. The van der Waals surface area contributed by atoms with Gasteiger partial charge in [-0.25, -0.2) is 12.7 Å². The zero-order valence-corrected chi connectivity index (χ0v) is 25.4. The third-order valence-electron chi connectivity index (χ3n) is 7.46. The summed E-state index contributed by atoms with van der Waals surface area (Å²) in [4.78, 5) is 0. The molecule has 5 heteroatoms. The zero-order valence-electron chi connectivity index (χ0n) is 24.6. The Balaban J connectivity index is 4.63. The summed E-state index contributed by atoms with van der Waals surface area (Å²) in [7, 11) is -3.55. The number of rotatable bonds is 28. The van der Waals surface area contributed by atoms with Crippen molar-refractivity contribution in [1.82, 2.24) is 4.31 Å². The molecule has 4 nitrogen and oxygen atoms in total. The first kappa shape index (κ1) is 35.4. The average Bonchev–Trinajstić information content (AvgIpc) is 2.87. The van der Waals surface area contributed by atoms with Gasteiger partial charge in [-0.1, -0.05) is 156 Å². The number of sulfonamides is 1. The van der Waals surface area contributed by atoms with Crippen LogP contribution in [0.1, 0.15) is 175 Å². The number of hydrogen-bond acceptors (Lipinski definition) is 3. The summed E-state index contributed by atoms with van der Waals surface area (Å²) in [5.41, 5.74) is 0. The molecule has 0 aromatic carbocycles. The van der Waals surface area contributed by atoms with Gasteiger partial charge in [-0.05, 0) is 19.3 Å². The molecule has 0 aliphatic rings. The third-order valence-corrected chi connectivity index (χ3v) is 9.60. The first-order valence-electron chi connectivity index (χ1n) is 15.9. The molecule has 1 atom stereocenters. The highest BCUT2D eigenvalue weighted by atomic mass is 32.2. The molecule has 0 aliphatic carbocycles. The SMILES string of the molecule is CCCCCCCCCCN(CCCCCCCCCC)S(=O)(=O)C(C#N)CCCCCCCCC. The molecule has 36 heavy (non-hydrogen) atoms. The lowest BCUT2D eigenvalue weighted by atomic mass is 10.1. The largest absolute Gasteiger partial charge is 0.230 e. The molecular formula is C31H62N2O2S. The van der Waals surface area contributed by atoms with Gasteiger partial charge in [0.15, 0.2) is 5.25 Å². The number of hydrogen-bond donors (Lipinski definition) is 0. The molecule has 0 N–H and O–H groups in total. The lowest BCUT2D eigenvalue weighted by Gasteiger charge is -2.25. The van der Waals surface area contributed by atoms with E-state index in [-0.39, 0.29) is 0 Å². The number of unbranched alkanes of at least 4 members (excludes halogenated alkanes) is 20. The molecule has 0 aromatic heterocycles. The molecule has 0 heterocycles. The van der Waals surface area contributed by atoms with E-state index in [2.05, 4.69) is 26.8 Å². The van der Waals surface area contributed by atoms with Gasteiger partial charge in [0.1, 0.15) is 0 Å². The van der Waals surface area contributed by atoms with E-state index in [0.717, 1.165) is 44.9 Å². The Kier molecular flexibility index (Phi) is 25.6. The van der Waals surface area contributed by atoms with Gasteiger partial charge in [-0.3, -0.25) is 0 Å². The topological polar surface area (TPSA) is 61.2 Å². The summed E-state index contributed by atoms with van der Waals surface area (Å²) in [6.45, 7) is 7.87. The van der Waals surface area contributed by atoms with Gasteiger partial charge in [-0.2, -0.15) is 5.26 Å². The first-order valence-corrected chi connectivity index (χ1v) is 17.4. The smallest absolute Gasteiger partial charge is 0.211 e. The Hall–Kier alpha value is -0.600. The van der Waals surface area contributed by atoms with Crippen LogP contribution < -0.4 is 0 Å². The quantitative estimate of drug-likeness (QED) is 0.0953. The monoisotopic (exact) mass is 526 g/mol. The fourth-order valence-corrected chi connectivity index (χ4v) is 6.68. The van der Waals surface area contributed by atoms with Crippen molar-refractivity contribution in [1.29, 1.82) is 5.26 Å². The maximum Gasteiger partial charge on any atom is 0.230 e. The van der Waals surface area contributed by atoms with E-state index in [4.69, 9.17) is 0 Å². The predicted octanol–water partition coefficient (Wildman–Crippen LogP) is 9.93. The second-order valence-corrected chi connectivity index (χ2v) is 13.0. The highest BCUT2D eigenvalue weighted by Crippen LogP contribution is 2.20. The van der Waals surface area contributed by atoms with E-state index in [1.165, 1.54) is 103 Å². The fraction of sp³-hybridized carbons (Fsp3) is 0.968. The highest BCUT2D eigenvalue weighted by molar-refractivity contribution is 7.90. The van der Waals surface area contributed by atoms with Crippen LogP contribution in [-0.2, 0) is 10.0 Å². The summed E-state index contributed by atoms with van der Waals surface area (Å²) >= 11 is 0. The average molecular weight is 527 g/mol. The molecule has 0 amide bonds. The molecule has 0 aliphatic heterocycles. The highest BCUT2D eigenvalue weighted by Gasteiger charge is 2.31. The van der Waals surface area contributed by atoms with Crippen LogP contribution in [0.25, 0.3) is 0 Å². The lowest BCUT2D eigenvalue weighted by molar-refractivity contribution is 0.378. The zero-order chi connectivity index (χ0) is 26.7. The maximum atomic E-state index is 13.4. The molecule has 0 fully saturated rings. The Morgan fingerprint density at radius 2 is 0.833 bits per heavy atom. The lowest BCUT2D eigenvalue weighted by Crippen LogP contribution is -2.39. The van der Waals surface area contributed by atoms with Crippen molar-refractivity contribution < 1.29 is 8.42 Å². The minimum Gasteiger partial charge on any atom is -0.211 e. The Morgan fingerprint density at radius 3 is 1.17 bits per heavy atom. The standard InChI is InChI=1S/C31H62N2O2S/c1-4-7-10-13-16-19-22-25-28-33(29-26-23-20-17-14-11-8-5-2)36(34,35)31(30-32)27-24-21-18-15-12-9-6-3/h31H,4-29H2,1-3H3. The van der Waals surface area contributed by atoms with Gasteiger partial charge >= 0.3 is 0 Å². The summed E-state index contributed by atoms with van der Waals surface area (Å²) < 4.78 is 28.6. The summed E-state index contributed by atoms with van der Waals surface area (Å²) in [6.07, 6.45) is 27.8. The Labute approximate surface area is 227 Å². The molecule has 0 saturated heterocycles. The number of nitrogens with zero attached hydrogens (tertiary/aromatic N) is 2. The summed E-state index contributed by atoms with van der Waals surface area (Å²) in [6, 6.07) is 2.16. The third kappa shape index (κ3) is 19.5. The Morgan fingerprint density at radius 1 is 0.528 bits per heavy atom. The minimum absolute atomic E-state index is 0.484. The van der Waals surface area contributed by atoms with Crippen LogP contribution in [0.2, 0.25) is 0 Å². The van der Waals surface area contributed by atoms with Crippen LogP contribution in [0.15, 0.2) is 0 Å². The van der Waals surface area contributed by atoms with Crippen molar-refractivity contribution in [3.8, 4) is 6.07 Å². The van der Waals surface area contributed by atoms with Crippen molar-refractivity contribution in [3.63, 3.8) is 0 Å². The fourth-order valence-electron chi connectivity index (χ4n) is 4.96. The van der Waals surface area contributed by atoms with E-state index >= 15 is 0 Å². The van der Waals surface area contributed by atoms with E-state index in [1.807, 2.05) is 0 Å². The molecule has 0 radical (unpaired) electrons. The molecule has 0 bridgehead atoms. The molecule has 1 unspecified atom stereocenters. The Bertz CT molecular complexity index is 580. The van der Waals surface area contributed by atoms with Gasteiger partial charge in [0.05, 0.1) is 6.07 Å². The maximum absolute atomic E-state index is 13.4. The van der Waals surface area contributed by atoms with Gasteiger partial charge in [0, 0.05) is 13.1 Å². The molecule has 0 spiro atoms. The van der Waals surface area contributed by atoms with Crippen LogP contribution in [0, 0.1) is 11.3 Å². The van der Waals surface area contributed by atoms with Crippen molar-refractivity contribution in [2.24, 2.45) is 0 Å². The van der Waals surface area contributed by atoms with Crippen LogP contribution >= 0.6 is 0 Å². The van der Waals surface area contributed by atoms with Crippen LogP contribution in [0.5, 0.6) is 0 Å². The van der Waals surface area contributed by atoms with Crippen LogP contribution in [0.4, 0.5) is 0 Å². The van der Waals surface area contributed by atoms with Crippen molar-refractivity contribution in [2.75, 3.05) is 13.1 Å². The van der Waals surface area contributed by atoms with Crippen molar-refractivity contribution in [2.45, 2.75) is 180 Å². The van der Waals surface area contributed by atoms with Crippen LogP contribution in [0.3, 0.4) is 0 Å². The number of nitriles is 1. The minimum atomic E-state index is -3.55. The van der Waals surface area contributed by atoms with Crippen molar-refractivity contribution >= 4 is 10.0 Å². The van der Waals surface area contributed by atoms with Gasteiger partial charge < -0.3 is 0 Å². The molecule has 214 valence electrons. The van der Waals surface area contributed by atoms with E-state index in [9.17, 15) is 13.7 Å². The van der Waals surface area contributed by atoms with Gasteiger partial charge in [-0.15, -0.1) is 0 Å². The van der Waals surface area contributed by atoms with Crippen molar-refractivity contribution in [3.05, 3.63) is 0 Å². The van der Waals surface area contributed by atoms with Gasteiger partial charge in [0.2, 0.25) is 10.0 Å². The first-order chi connectivity index (χ1) is 17.5. The molecule has 0 rings (SSSR count). The van der Waals surface area contributed by atoms with E-state index in [1.54, 1.807) is 4.31 Å².